The molecular weight excluding hydrogens is 808 g/mol. The summed E-state index contributed by atoms with van der Waals surface area (Å²) in [5.41, 5.74) is 4.71. The van der Waals surface area contributed by atoms with Gasteiger partial charge in [0.1, 0.15) is 25.1 Å². The highest BCUT2D eigenvalue weighted by molar-refractivity contribution is 5.89. The summed E-state index contributed by atoms with van der Waals surface area (Å²) >= 11 is 0. The Kier molecular flexibility index (Phi) is 11.3. The van der Waals surface area contributed by atoms with Crippen LogP contribution in [0.2, 0.25) is 0 Å². The molecule has 0 radical (unpaired) electrons. The average molecular weight is 847 g/mol. The van der Waals surface area contributed by atoms with Crippen LogP contribution in [0.15, 0.2) is 71.5 Å². The van der Waals surface area contributed by atoms with Crippen molar-refractivity contribution in [2.24, 2.45) is 0 Å². The quantitative estimate of drug-likeness (QED) is 0.0534. The fourth-order valence-electron chi connectivity index (χ4n) is 7.86. The van der Waals surface area contributed by atoms with Crippen molar-refractivity contribution >= 4 is 40.3 Å². The molecule has 1 fully saturated rings. The number of cyclic esters (lactones) is 1. The smallest absolute Gasteiger partial charge is 0.412 e. The Morgan fingerprint density at radius 1 is 1.08 bits per heavy atom. The van der Waals surface area contributed by atoms with Gasteiger partial charge in [0.05, 0.1) is 46.5 Å². The third-order valence-electron chi connectivity index (χ3n) is 10.9. The number of nitrogens with one attached hydrogen (secondary N) is 1. The van der Waals surface area contributed by atoms with Crippen LogP contribution in [0.3, 0.4) is 0 Å². The second-order valence-electron chi connectivity index (χ2n) is 14.8. The van der Waals surface area contributed by atoms with E-state index in [1.807, 2.05) is 19.1 Å². The Balaban J connectivity index is 0.913. The van der Waals surface area contributed by atoms with E-state index in [0.29, 0.717) is 34.8 Å². The molecule has 18 heteroatoms. The van der Waals surface area contributed by atoms with E-state index in [-0.39, 0.29) is 67.0 Å². The monoisotopic (exact) mass is 846 g/mol. The number of pyridine rings is 2. The van der Waals surface area contributed by atoms with Gasteiger partial charge in [-0.15, -0.1) is 12.3 Å². The number of aliphatic hydroxyl groups excluding tert-OH is 2. The first-order valence-corrected chi connectivity index (χ1v) is 19.5. The fraction of sp³-hybridized carbons (Fsp3) is 0.295. The lowest BCUT2D eigenvalue weighted by Gasteiger charge is -2.30. The lowest BCUT2D eigenvalue weighted by Crippen LogP contribution is -2.42. The second-order valence-corrected chi connectivity index (χ2v) is 14.8. The van der Waals surface area contributed by atoms with Gasteiger partial charge in [-0.3, -0.25) is 20.2 Å². The molecule has 318 valence electrons. The number of carboxylic acids is 1. The number of amides is 1. The predicted molar refractivity (Wildman–Crippen MR) is 217 cm³/mol. The number of anilines is 1. The van der Waals surface area contributed by atoms with Crippen LogP contribution in [0.1, 0.15) is 71.8 Å². The second kappa shape index (κ2) is 17.0. The van der Waals surface area contributed by atoms with Gasteiger partial charge in [-0.1, -0.05) is 25.1 Å². The van der Waals surface area contributed by atoms with E-state index in [2.05, 4.69) is 11.2 Å². The van der Waals surface area contributed by atoms with Crippen LogP contribution >= 0.6 is 0 Å². The molecule has 4 N–H and O–H groups in total. The van der Waals surface area contributed by atoms with Crippen molar-refractivity contribution in [2.45, 2.75) is 83.1 Å². The zero-order valence-electron chi connectivity index (χ0n) is 32.9. The molecule has 3 aliphatic heterocycles. The topological polar surface area (TPSA) is 248 Å². The summed E-state index contributed by atoms with van der Waals surface area (Å²) in [4.78, 5) is 66.1. The van der Waals surface area contributed by atoms with E-state index >= 15 is 0 Å². The van der Waals surface area contributed by atoms with E-state index in [0.717, 1.165) is 28.1 Å². The van der Waals surface area contributed by atoms with Crippen LogP contribution in [0.25, 0.3) is 22.3 Å². The minimum absolute atomic E-state index is 0.106. The molecule has 1 amide bonds. The summed E-state index contributed by atoms with van der Waals surface area (Å²) < 4.78 is 29.3. The highest BCUT2D eigenvalue weighted by atomic mass is 16.7. The van der Waals surface area contributed by atoms with Crippen molar-refractivity contribution in [1.82, 2.24) is 9.55 Å². The van der Waals surface area contributed by atoms with E-state index in [4.69, 9.17) is 35.1 Å². The van der Waals surface area contributed by atoms with E-state index in [1.54, 1.807) is 41.0 Å². The van der Waals surface area contributed by atoms with Crippen LogP contribution in [0.4, 0.5) is 16.2 Å². The number of carboxylic acid groups (broad SMARTS) is 1. The van der Waals surface area contributed by atoms with Crippen LogP contribution in [-0.2, 0) is 50.0 Å². The van der Waals surface area contributed by atoms with E-state index < -0.39 is 59.3 Å². The molecule has 62 heavy (non-hydrogen) atoms. The number of aryl methyl sites for hydroxylation is 1. The summed E-state index contributed by atoms with van der Waals surface area (Å²) in [5, 5.41) is 45.3. The van der Waals surface area contributed by atoms with Crippen LogP contribution < -0.4 is 20.3 Å². The number of ether oxygens (including phenoxy) is 5. The van der Waals surface area contributed by atoms with Gasteiger partial charge in [-0.2, -0.15) is 0 Å². The van der Waals surface area contributed by atoms with E-state index in [9.17, 15) is 44.6 Å². The zero-order chi connectivity index (χ0) is 43.8. The predicted octanol–water partition coefficient (Wildman–Crippen LogP) is 5.21. The number of benzene rings is 3. The number of rotatable bonds is 12. The molecule has 3 aromatic carbocycles. The highest BCUT2D eigenvalue weighted by Crippen LogP contribution is 2.39. The largest absolute Gasteiger partial charge is 0.489 e. The van der Waals surface area contributed by atoms with Gasteiger partial charge in [-0.25, -0.2) is 19.4 Å². The number of hydrogen-bond donors (Lipinski definition) is 4. The summed E-state index contributed by atoms with van der Waals surface area (Å²) in [5.74, 6) is 0.634. The van der Waals surface area contributed by atoms with Crippen molar-refractivity contribution in [3.05, 3.63) is 121 Å². The molecule has 18 nitrogen and oxygen atoms in total. The molecule has 5 heterocycles. The molecule has 0 saturated carbocycles. The van der Waals surface area contributed by atoms with Crippen LogP contribution in [0.5, 0.6) is 11.5 Å². The van der Waals surface area contributed by atoms with Gasteiger partial charge in [0.25, 0.3) is 5.56 Å². The van der Waals surface area contributed by atoms with Crippen molar-refractivity contribution < 1.29 is 58.3 Å². The Morgan fingerprint density at radius 2 is 1.87 bits per heavy atom. The van der Waals surface area contributed by atoms with Crippen molar-refractivity contribution in [2.75, 3.05) is 5.32 Å². The average Bonchev–Trinajstić information content (AvgIpc) is 3.62. The lowest BCUT2D eigenvalue weighted by molar-refractivity contribution is -0.386. The van der Waals surface area contributed by atoms with Crippen molar-refractivity contribution in [3.8, 4) is 35.2 Å². The van der Waals surface area contributed by atoms with Gasteiger partial charge < -0.3 is 43.6 Å². The summed E-state index contributed by atoms with van der Waals surface area (Å²) in [7, 11) is 0. The number of terminal acetylenes is 1. The van der Waals surface area contributed by atoms with Gasteiger partial charge in [0.15, 0.2) is 18.0 Å². The standard InChI is InChI=1S/C44H38N4O14/c1-3-5-35(23-8-13-36(33(14-23)48(56)57)60-38-16-25(49)15-37(61-38)42(52)53)62-44(55)45-24-9-6-22(7-10-24)20-58-26-11-12-32-28(17-26)27(4-2)30-19-47-34(39(30)46-32)18-29-31(41(47)51)21-59-43(54)40(29)50/h1,6-14,17-18,25,35,37-38,40,49-50H,4-5,15-16,19-21H2,2H3,(H,45,55)(H,52,53)/t25?,35-,37?,38?,40?/m0/s1. The molecule has 5 atom stereocenters. The molecule has 5 aromatic rings. The summed E-state index contributed by atoms with van der Waals surface area (Å²) in [6, 6.07) is 17.8. The Labute approximate surface area is 351 Å². The number of esters is 1. The number of nitro benzene ring substituents is 1. The highest BCUT2D eigenvalue weighted by Gasteiger charge is 2.36. The maximum atomic E-state index is 13.4. The minimum atomic E-state index is -1.54. The zero-order valence-corrected chi connectivity index (χ0v) is 32.9. The number of nitrogens with zero attached hydrogens (tertiary/aromatic N) is 3. The number of aliphatic hydroxyl groups is 2. The summed E-state index contributed by atoms with van der Waals surface area (Å²) in [6.45, 7) is 2.28. The third kappa shape index (κ3) is 8.11. The number of carbonyl (C=O) groups excluding carboxylic acids is 2. The molecule has 0 aliphatic carbocycles. The minimum Gasteiger partial charge on any atom is -0.489 e. The molecule has 8 rings (SSSR count). The molecular formula is C44H38N4O14. The maximum Gasteiger partial charge on any atom is 0.412 e. The first-order valence-electron chi connectivity index (χ1n) is 19.5. The van der Waals surface area contributed by atoms with E-state index in [1.165, 1.54) is 12.1 Å². The van der Waals surface area contributed by atoms with Gasteiger partial charge in [0, 0.05) is 46.7 Å². The SMILES string of the molecule is C#CC[C@H](OC(=O)Nc1ccc(COc2ccc3nc4c(c(CC)c3c2)Cn2c-4cc3c(c2=O)COC(=O)C3O)cc1)c1ccc(OC2CC(O)CC(C(=O)O)O2)c([N+](=O)[O-])c1. The number of aliphatic carboxylic acids is 1. The Hall–Kier alpha value is -7.33. The first-order chi connectivity index (χ1) is 29.8. The maximum absolute atomic E-state index is 13.4. The molecule has 0 spiro atoms. The Bertz CT molecular complexity index is 2740. The number of carbonyl (C=O) groups is 3. The van der Waals surface area contributed by atoms with Crippen LogP contribution in [0, 0.1) is 22.5 Å². The molecule has 0 bridgehead atoms. The van der Waals surface area contributed by atoms with Crippen molar-refractivity contribution in [1.29, 1.82) is 0 Å². The number of aromatic nitrogens is 2. The third-order valence-corrected chi connectivity index (χ3v) is 10.9. The normalized spacial score (nSPS) is 19.2. The number of nitro groups is 1. The van der Waals surface area contributed by atoms with Gasteiger partial charge in [-0.05, 0) is 60.0 Å². The number of hydrogen-bond acceptors (Lipinski definition) is 14. The van der Waals surface area contributed by atoms with Crippen LogP contribution in [-0.4, -0.2) is 66.3 Å². The molecule has 2 aromatic heterocycles. The first kappa shape index (κ1) is 41.4. The number of fused-ring (bicyclic) bond motifs is 5. The van der Waals surface area contributed by atoms with Gasteiger partial charge in [0.2, 0.25) is 6.29 Å². The molecule has 4 unspecified atom stereocenters. The van der Waals surface area contributed by atoms with Crippen molar-refractivity contribution in [3.63, 3.8) is 0 Å². The summed E-state index contributed by atoms with van der Waals surface area (Å²) in [6.07, 6.45) is -1.36. The van der Waals surface area contributed by atoms with Gasteiger partial charge >= 0.3 is 23.7 Å². The lowest BCUT2D eigenvalue weighted by atomic mass is 9.97. The fourth-order valence-corrected chi connectivity index (χ4v) is 7.86. The molecule has 1 saturated heterocycles. The Morgan fingerprint density at radius 3 is 2.60 bits per heavy atom. The molecule has 3 aliphatic rings.